The number of nitrogens with zero attached hydrogens (tertiary/aromatic N) is 2. The molecule has 1 heterocycles. The lowest BCUT2D eigenvalue weighted by molar-refractivity contribution is -0.121. The molecule has 0 saturated heterocycles. The van der Waals surface area contributed by atoms with Crippen LogP contribution in [0.3, 0.4) is 0 Å². The zero-order chi connectivity index (χ0) is 21.3. The van der Waals surface area contributed by atoms with E-state index in [1.807, 2.05) is 56.5 Å². The van der Waals surface area contributed by atoms with Gasteiger partial charge in [-0.2, -0.15) is 0 Å². The minimum Gasteiger partial charge on any atom is -0.351 e. The third kappa shape index (κ3) is 4.85. The number of fused-ring (bicyclic) bond motifs is 1. The molecular formula is C23H33N3O2S. The maximum absolute atomic E-state index is 13.5. The molecule has 6 heteroatoms. The first kappa shape index (κ1) is 21.9. The highest BCUT2D eigenvalue weighted by atomic mass is 32.2. The third-order valence-electron chi connectivity index (χ3n) is 5.92. The predicted octanol–water partition coefficient (Wildman–Crippen LogP) is 4.79. The normalized spacial score (nSPS) is 23.7. The number of hydrogen-bond acceptors (Lipinski definition) is 4. The Balaban J connectivity index is 2.05. The average molecular weight is 416 g/mol. The molecule has 29 heavy (non-hydrogen) atoms. The van der Waals surface area contributed by atoms with Crippen molar-refractivity contribution in [1.82, 2.24) is 14.9 Å². The van der Waals surface area contributed by atoms with Gasteiger partial charge in [-0.05, 0) is 58.1 Å². The van der Waals surface area contributed by atoms with E-state index in [4.69, 9.17) is 4.98 Å². The molecule has 1 aromatic heterocycles. The zero-order valence-corrected chi connectivity index (χ0v) is 19.2. The number of aromatic nitrogens is 2. The molecule has 1 N–H and O–H groups in total. The molecule has 1 aliphatic carbocycles. The SMILES string of the molecule is C[C@H]1[C@H](n2c(S[C@@H](C)C(=O)NC(C)(C)C)nc3ccccc3c2=O)CCC[C@@H]1C. The summed E-state index contributed by atoms with van der Waals surface area (Å²) in [5.74, 6) is 0.913. The first-order chi connectivity index (χ1) is 13.6. The Morgan fingerprint density at radius 3 is 2.62 bits per heavy atom. The summed E-state index contributed by atoms with van der Waals surface area (Å²) in [5.41, 5.74) is 0.402. The Kier molecular flexibility index (Phi) is 6.42. The lowest BCUT2D eigenvalue weighted by Crippen LogP contribution is -2.44. The van der Waals surface area contributed by atoms with Crippen LogP contribution in [-0.4, -0.2) is 26.2 Å². The summed E-state index contributed by atoms with van der Waals surface area (Å²) in [6.45, 7) is 12.3. The van der Waals surface area contributed by atoms with Gasteiger partial charge in [-0.1, -0.05) is 50.6 Å². The van der Waals surface area contributed by atoms with Crippen molar-refractivity contribution in [1.29, 1.82) is 0 Å². The van der Waals surface area contributed by atoms with Gasteiger partial charge in [-0.25, -0.2) is 4.98 Å². The summed E-state index contributed by atoms with van der Waals surface area (Å²) in [6.07, 6.45) is 3.28. The smallest absolute Gasteiger partial charge is 0.262 e. The molecule has 0 radical (unpaired) electrons. The molecule has 0 aliphatic heterocycles. The number of thioether (sulfide) groups is 1. The summed E-state index contributed by atoms with van der Waals surface area (Å²) >= 11 is 1.38. The summed E-state index contributed by atoms with van der Waals surface area (Å²) in [5, 5.41) is 3.98. The van der Waals surface area contributed by atoms with E-state index in [9.17, 15) is 9.59 Å². The molecule has 1 fully saturated rings. The van der Waals surface area contributed by atoms with Gasteiger partial charge in [0, 0.05) is 11.6 Å². The Hall–Kier alpha value is -1.82. The van der Waals surface area contributed by atoms with Gasteiger partial charge in [0.2, 0.25) is 5.91 Å². The van der Waals surface area contributed by atoms with Crippen LogP contribution in [0.15, 0.2) is 34.2 Å². The van der Waals surface area contributed by atoms with Crippen LogP contribution in [0.1, 0.15) is 66.8 Å². The molecule has 1 saturated carbocycles. The number of amides is 1. The molecular weight excluding hydrogens is 382 g/mol. The minimum absolute atomic E-state index is 0.00693. The van der Waals surface area contributed by atoms with Crippen LogP contribution < -0.4 is 10.9 Å². The summed E-state index contributed by atoms with van der Waals surface area (Å²) < 4.78 is 1.88. The lowest BCUT2D eigenvalue weighted by atomic mass is 9.78. The number of para-hydroxylation sites is 1. The van der Waals surface area contributed by atoms with Crippen molar-refractivity contribution in [2.75, 3.05) is 0 Å². The first-order valence-corrected chi connectivity index (χ1v) is 11.5. The molecule has 1 aromatic carbocycles. The average Bonchev–Trinajstić information content (AvgIpc) is 2.63. The second-order valence-corrected chi connectivity index (χ2v) is 10.7. The van der Waals surface area contributed by atoms with Gasteiger partial charge in [-0.15, -0.1) is 0 Å². The maximum Gasteiger partial charge on any atom is 0.262 e. The lowest BCUT2D eigenvalue weighted by Gasteiger charge is -2.36. The molecule has 0 bridgehead atoms. The van der Waals surface area contributed by atoms with E-state index in [-0.39, 0.29) is 28.3 Å². The van der Waals surface area contributed by atoms with Crippen LogP contribution >= 0.6 is 11.8 Å². The van der Waals surface area contributed by atoms with Crippen molar-refractivity contribution in [2.24, 2.45) is 11.8 Å². The van der Waals surface area contributed by atoms with Crippen molar-refractivity contribution >= 4 is 28.6 Å². The van der Waals surface area contributed by atoms with Crippen LogP contribution in [0.4, 0.5) is 0 Å². The third-order valence-corrected chi connectivity index (χ3v) is 6.99. The van der Waals surface area contributed by atoms with Gasteiger partial charge in [0.1, 0.15) is 0 Å². The Morgan fingerprint density at radius 1 is 1.24 bits per heavy atom. The highest BCUT2D eigenvalue weighted by molar-refractivity contribution is 8.00. The van der Waals surface area contributed by atoms with E-state index < -0.39 is 0 Å². The Morgan fingerprint density at radius 2 is 1.93 bits per heavy atom. The molecule has 1 aliphatic rings. The van der Waals surface area contributed by atoms with Crippen molar-refractivity contribution in [3.8, 4) is 0 Å². The topological polar surface area (TPSA) is 64.0 Å². The fraction of sp³-hybridized carbons (Fsp3) is 0.609. The standard InChI is InChI=1S/C23H33N3O2S/c1-14-10-9-13-19(15(14)2)26-21(28)17-11-7-8-12-18(17)24-22(26)29-16(3)20(27)25-23(4,5)6/h7-8,11-12,14-16,19H,9-10,13H2,1-6H3,(H,25,27)/t14-,15+,16-,19+/m0/s1. The molecule has 0 unspecified atom stereocenters. The summed E-state index contributed by atoms with van der Waals surface area (Å²) in [4.78, 5) is 31.0. The zero-order valence-electron chi connectivity index (χ0n) is 18.4. The number of carbonyl (C=O) groups excluding carboxylic acids is 1. The number of rotatable bonds is 4. The van der Waals surface area contributed by atoms with E-state index >= 15 is 0 Å². The summed E-state index contributed by atoms with van der Waals surface area (Å²) in [6, 6.07) is 7.62. The fourth-order valence-electron chi connectivity index (χ4n) is 4.10. The second-order valence-electron chi connectivity index (χ2n) is 9.42. The molecule has 4 atom stereocenters. The molecule has 158 valence electrons. The minimum atomic E-state index is -0.343. The van der Waals surface area contributed by atoms with Crippen molar-refractivity contribution in [2.45, 2.75) is 82.8 Å². The molecule has 2 aromatic rings. The van der Waals surface area contributed by atoms with Crippen LogP contribution in [0.2, 0.25) is 0 Å². The first-order valence-electron chi connectivity index (χ1n) is 10.6. The quantitative estimate of drug-likeness (QED) is 0.576. The highest BCUT2D eigenvalue weighted by Crippen LogP contribution is 2.39. The molecule has 1 amide bonds. The van der Waals surface area contributed by atoms with Crippen LogP contribution in [0.5, 0.6) is 0 Å². The molecule has 0 spiro atoms. The predicted molar refractivity (Wildman–Crippen MR) is 120 cm³/mol. The van der Waals surface area contributed by atoms with E-state index in [0.29, 0.717) is 27.9 Å². The van der Waals surface area contributed by atoms with Crippen molar-refractivity contribution < 1.29 is 4.79 Å². The van der Waals surface area contributed by atoms with Crippen molar-refractivity contribution in [3.05, 3.63) is 34.6 Å². The molecule has 3 rings (SSSR count). The van der Waals surface area contributed by atoms with E-state index in [2.05, 4.69) is 19.2 Å². The van der Waals surface area contributed by atoms with E-state index in [1.54, 1.807) is 0 Å². The van der Waals surface area contributed by atoms with Gasteiger partial charge in [0.15, 0.2) is 5.16 Å². The number of nitrogens with one attached hydrogen (secondary N) is 1. The second kappa shape index (κ2) is 8.50. The van der Waals surface area contributed by atoms with Crippen LogP contribution in [0, 0.1) is 11.8 Å². The largest absolute Gasteiger partial charge is 0.351 e. The van der Waals surface area contributed by atoms with Gasteiger partial charge >= 0.3 is 0 Å². The monoisotopic (exact) mass is 415 g/mol. The van der Waals surface area contributed by atoms with Gasteiger partial charge in [0.25, 0.3) is 5.56 Å². The number of benzene rings is 1. The van der Waals surface area contributed by atoms with E-state index in [0.717, 1.165) is 12.8 Å². The summed E-state index contributed by atoms with van der Waals surface area (Å²) in [7, 11) is 0. The van der Waals surface area contributed by atoms with Crippen LogP contribution in [0.25, 0.3) is 10.9 Å². The Bertz CT molecular complexity index is 947. The van der Waals surface area contributed by atoms with Gasteiger partial charge < -0.3 is 5.32 Å². The highest BCUT2D eigenvalue weighted by Gasteiger charge is 2.32. The van der Waals surface area contributed by atoms with Crippen molar-refractivity contribution in [3.63, 3.8) is 0 Å². The Labute approximate surface area is 177 Å². The van der Waals surface area contributed by atoms with Crippen LogP contribution in [-0.2, 0) is 4.79 Å². The number of hydrogen-bond donors (Lipinski definition) is 1. The number of carbonyl (C=O) groups is 1. The maximum atomic E-state index is 13.5. The van der Waals surface area contributed by atoms with Gasteiger partial charge in [-0.3, -0.25) is 14.2 Å². The molecule has 5 nitrogen and oxygen atoms in total. The van der Waals surface area contributed by atoms with E-state index in [1.165, 1.54) is 18.2 Å². The van der Waals surface area contributed by atoms with Gasteiger partial charge in [0.05, 0.1) is 16.2 Å². The fourth-order valence-corrected chi connectivity index (χ4v) is 5.07.